The lowest BCUT2D eigenvalue weighted by Gasteiger charge is -2.26. The van der Waals surface area contributed by atoms with E-state index in [9.17, 15) is 9.90 Å². The lowest BCUT2D eigenvalue weighted by molar-refractivity contribution is -0.143. The summed E-state index contributed by atoms with van der Waals surface area (Å²) in [6, 6.07) is 7.14. The Kier molecular flexibility index (Phi) is 6.36. The van der Waals surface area contributed by atoms with Gasteiger partial charge in [-0.05, 0) is 31.6 Å². The predicted octanol–water partition coefficient (Wildman–Crippen LogP) is 2.42. The third-order valence-electron chi connectivity index (χ3n) is 3.22. The number of carboxylic acids is 1. The van der Waals surface area contributed by atoms with Crippen molar-refractivity contribution in [3.05, 3.63) is 29.8 Å². The molecule has 0 aliphatic carbocycles. The topological polar surface area (TPSA) is 49.8 Å². The van der Waals surface area contributed by atoms with Gasteiger partial charge in [-0.25, -0.2) is 0 Å². The van der Waals surface area contributed by atoms with E-state index in [-0.39, 0.29) is 0 Å². The first kappa shape index (κ1) is 15.5. The molecule has 4 heteroatoms. The highest BCUT2D eigenvalue weighted by Gasteiger charge is 2.24. The number of hydrogen-bond donors (Lipinski definition) is 1. The highest BCUT2D eigenvalue weighted by atomic mass is 16.5. The molecule has 0 radical (unpaired) electrons. The van der Waals surface area contributed by atoms with Crippen LogP contribution in [0.25, 0.3) is 0 Å². The van der Waals surface area contributed by atoms with Crippen LogP contribution in [0.15, 0.2) is 24.3 Å². The number of benzene rings is 1. The largest absolute Gasteiger partial charge is 0.494 e. The summed E-state index contributed by atoms with van der Waals surface area (Å²) in [7, 11) is 0. The summed E-state index contributed by atoms with van der Waals surface area (Å²) >= 11 is 0. The molecule has 1 atom stereocenters. The number of aliphatic carboxylic acids is 1. The van der Waals surface area contributed by atoms with Crippen molar-refractivity contribution >= 4 is 5.97 Å². The third-order valence-corrected chi connectivity index (χ3v) is 3.22. The molecule has 0 aliphatic rings. The third kappa shape index (κ3) is 4.24. The van der Waals surface area contributed by atoms with E-state index >= 15 is 0 Å². The zero-order valence-corrected chi connectivity index (χ0v) is 11.9. The van der Waals surface area contributed by atoms with E-state index in [4.69, 9.17) is 4.74 Å². The van der Waals surface area contributed by atoms with Gasteiger partial charge in [0.1, 0.15) is 11.8 Å². The van der Waals surface area contributed by atoms with Crippen molar-refractivity contribution in [2.45, 2.75) is 33.2 Å². The Balaban J connectivity index is 2.93. The molecule has 0 fully saturated rings. The molecule has 0 heterocycles. The molecule has 19 heavy (non-hydrogen) atoms. The maximum absolute atomic E-state index is 11.4. The highest BCUT2D eigenvalue weighted by molar-refractivity contribution is 5.74. The molecule has 0 saturated carbocycles. The molecule has 0 saturated heterocycles. The Hall–Kier alpha value is -1.55. The molecule has 0 spiro atoms. The number of hydrogen-bond acceptors (Lipinski definition) is 3. The van der Waals surface area contributed by atoms with Gasteiger partial charge in [-0.1, -0.05) is 32.0 Å². The smallest absolute Gasteiger partial charge is 0.321 e. The van der Waals surface area contributed by atoms with E-state index < -0.39 is 12.0 Å². The van der Waals surface area contributed by atoms with Crippen LogP contribution in [0.1, 0.15) is 26.3 Å². The number of rotatable bonds is 8. The van der Waals surface area contributed by atoms with Crippen molar-refractivity contribution in [1.82, 2.24) is 4.90 Å². The van der Waals surface area contributed by atoms with Crippen LogP contribution in [0.5, 0.6) is 5.75 Å². The van der Waals surface area contributed by atoms with Crippen LogP contribution in [-0.4, -0.2) is 41.7 Å². The van der Waals surface area contributed by atoms with Crippen molar-refractivity contribution in [3.8, 4) is 5.75 Å². The zero-order valence-electron chi connectivity index (χ0n) is 11.9. The van der Waals surface area contributed by atoms with Gasteiger partial charge in [-0.2, -0.15) is 0 Å². The van der Waals surface area contributed by atoms with E-state index in [1.54, 1.807) is 0 Å². The molecule has 0 aliphatic heterocycles. The monoisotopic (exact) mass is 265 g/mol. The van der Waals surface area contributed by atoms with Crippen LogP contribution in [0.3, 0.4) is 0 Å². The molecule has 1 aromatic rings. The van der Waals surface area contributed by atoms with E-state index in [2.05, 4.69) is 0 Å². The van der Waals surface area contributed by atoms with Crippen molar-refractivity contribution in [1.29, 1.82) is 0 Å². The molecule has 1 aromatic carbocycles. The first-order valence-corrected chi connectivity index (χ1v) is 6.81. The van der Waals surface area contributed by atoms with Gasteiger partial charge < -0.3 is 9.84 Å². The van der Waals surface area contributed by atoms with Gasteiger partial charge in [0.05, 0.1) is 6.61 Å². The van der Waals surface area contributed by atoms with Crippen LogP contribution in [-0.2, 0) is 11.2 Å². The Bertz CT molecular complexity index is 402. The first-order valence-electron chi connectivity index (χ1n) is 6.81. The standard InChI is InChI=1S/C15H23NO3/c1-4-16(5-2)13(15(17)18)11-12-9-7-8-10-14(12)19-6-3/h7-10,13H,4-6,11H2,1-3H3,(H,17,18). The average molecular weight is 265 g/mol. The molecule has 0 aromatic heterocycles. The Morgan fingerprint density at radius 1 is 1.26 bits per heavy atom. The summed E-state index contributed by atoms with van der Waals surface area (Å²) < 4.78 is 5.55. The van der Waals surface area contributed by atoms with Crippen LogP contribution in [0.4, 0.5) is 0 Å². The fraction of sp³-hybridized carbons (Fsp3) is 0.533. The van der Waals surface area contributed by atoms with Crippen LogP contribution in [0.2, 0.25) is 0 Å². The van der Waals surface area contributed by atoms with Crippen molar-refractivity contribution < 1.29 is 14.6 Å². The van der Waals surface area contributed by atoms with Gasteiger partial charge in [0.2, 0.25) is 0 Å². The van der Waals surface area contributed by atoms with Crippen LogP contribution >= 0.6 is 0 Å². The second-order valence-corrected chi connectivity index (χ2v) is 4.32. The van der Waals surface area contributed by atoms with E-state index in [1.807, 2.05) is 49.9 Å². The maximum Gasteiger partial charge on any atom is 0.321 e. The molecule has 1 rings (SSSR count). The van der Waals surface area contributed by atoms with Gasteiger partial charge in [0, 0.05) is 6.42 Å². The van der Waals surface area contributed by atoms with Crippen LogP contribution < -0.4 is 4.74 Å². The van der Waals surface area contributed by atoms with Crippen molar-refractivity contribution in [2.24, 2.45) is 0 Å². The van der Waals surface area contributed by atoms with Gasteiger partial charge in [-0.15, -0.1) is 0 Å². The zero-order chi connectivity index (χ0) is 14.3. The molecule has 1 N–H and O–H groups in total. The van der Waals surface area contributed by atoms with E-state index in [0.717, 1.165) is 24.4 Å². The minimum absolute atomic E-state index is 0.465. The second kappa shape index (κ2) is 7.79. The van der Waals surface area contributed by atoms with Gasteiger partial charge in [-0.3, -0.25) is 9.69 Å². The quantitative estimate of drug-likeness (QED) is 0.784. The van der Waals surface area contributed by atoms with Gasteiger partial charge >= 0.3 is 5.97 Å². The summed E-state index contributed by atoms with van der Waals surface area (Å²) in [5, 5.41) is 9.41. The normalized spacial score (nSPS) is 12.4. The summed E-state index contributed by atoms with van der Waals surface area (Å²) in [6.45, 7) is 7.92. The molecular weight excluding hydrogens is 242 g/mol. The van der Waals surface area contributed by atoms with Crippen molar-refractivity contribution in [3.63, 3.8) is 0 Å². The molecule has 4 nitrogen and oxygen atoms in total. The molecule has 0 amide bonds. The van der Waals surface area contributed by atoms with Gasteiger partial charge in [0.25, 0.3) is 0 Å². The number of carbonyl (C=O) groups is 1. The number of para-hydroxylation sites is 1. The maximum atomic E-state index is 11.4. The minimum Gasteiger partial charge on any atom is -0.494 e. The summed E-state index contributed by atoms with van der Waals surface area (Å²) in [5.74, 6) is -0.00147. The van der Waals surface area contributed by atoms with Crippen molar-refractivity contribution in [2.75, 3.05) is 19.7 Å². The Morgan fingerprint density at radius 3 is 2.42 bits per heavy atom. The van der Waals surface area contributed by atoms with E-state index in [0.29, 0.717) is 13.0 Å². The molecule has 106 valence electrons. The molecule has 0 bridgehead atoms. The number of nitrogens with zero attached hydrogens (tertiary/aromatic N) is 1. The summed E-state index contributed by atoms with van der Waals surface area (Å²) in [4.78, 5) is 13.4. The predicted molar refractivity (Wildman–Crippen MR) is 75.7 cm³/mol. The fourth-order valence-electron chi connectivity index (χ4n) is 2.21. The number of ether oxygens (including phenoxy) is 1. The Labute approximate surface area is 115 Å². The highest BCUT2D eigenvalue weighted by Crippen LogP contribution is 2.21. The minimum atomic E-state index is -0.782. The average Bonchev–Trinajstić information content (AvgIpc) is 2.41. The number of likely N-dealkylation sites (N-methyl/N-ethyl adjacent to an activating group) is 1. The SMILES string of the molecule is CCOc1ccccc1CC(C(=O)O)N(CC)CC. The second-order valence-electron chi connectivity index (χ2n) is 4.32. The van der Waals surface area contributed by atoms with Gasteiger partial charge in [0.15, 0.2) is 0 Å². The molecular formula is C15H23NO3. The van der Waals surface area contributed by atoms with Crippen LogP contribution in [0, 0.1) is 0 Å². The molecule has 1 unspecified atom stereocenters. The van der Waals surface area contributed by atoms with E-state index in [1.165, 1.54) is 0 Å². The summed E-state index contributed by atoms with van der Waals surface area (Å²) in [6.07, 6.45) is 0.465. The Morgan fingerprint density at radius 2 is 1.89 bits per heavy atom. The fourth-order valence-corrected chi connectivity index (χ4v) is 2.21. The number of carboxylic acid groups (broad SMARTS) is 1. The lowest BCUT2D eigenvalue weighted by Crippen LogP contribution is -2.42. The summed E-state index contributed by atoms with van der Waals surface area (Å²) in [5.41, 5.74) is 0.948. The lowest BCUT2D eigenvalue weighted by atomic mass is 10.0. The first-order chi connectivity index (χ1) is 9.13.